The number of carbonyl (C=O) groups excluding carboxylic acids is 3. The molecular weight excluding hydrogens is 528 g/mol. The molecule has 2 amide bonds. The Labute approximate surface area is 217 Å². The van der Waals surface area contributed by atoms with Crippen molar-refractivity contribution in [1.29, 1.82) is 0 Å². The van der Waals surface area contributed by atoms with E-state index in [1.807, 2.05) is 0 Å². The SMILES string of the molecule is Cc1c(Cc2ccc(F)c(C(=O)N3CCN(c4cncnc4)C(=O)C3)c2)nn(OC(=O)C(F)(F)F)c(=O)c1C. The van der Waals surface area contributed by atoms with Crippen molar-refractivity contribution in [3.8, 4) is 0 Å². The van der Waals surface area contributed by atoms with Gasteiger partial charge in [0.05, 0.1) is 29.3 Å². The van der Waals surface area contributed by atoms with Gasteiger partial charge in [0.2, 0.25) is 5.91 Å². The van der Waals surface area contributed by atoms with E-state index in [9.17, 15) is 36.7 Å². The van der Waals surface area contributed by atoms with Crippen LogP contribution in [-0.2, 0) is 16.0 Å². The molecule has 2 aromatic heterocycles. The van der Waals surface area contributed by atoms with Crippen molar-refractivity contribution >= 4 is 23.5 Å². The van der Waals surface area contributed by atoms with Gasteiger partial charge in [0.1, 0.15) is 18.7 Å². The van der Waals surface area contributed by atoms with Crippen molar-refractivity contribution < 1.29 is 36.8 Å². The van der Waals surface area contributed by atoms with E-state index >= 15 is 0 Å². The lowest BCUT2D eigenvalue weighted by Gasteiger charge is -2.34. The van der Waals surface area contributed by atoms with Gasteiger partial charge in [-0.3, -0.25) is 14.4 Å². The minimum Gasteiger partial charge on any atom is -0.327 e. The van der Waals surface area contributed by atoms with Gasteiger partial charge < -0.3 is 14.6 Å². The van der Waals surface area contributed by atoms with Crippen molar-refractivity contribution in [2.75, 3.05) is 24.5 Å². The molecule has 1 aliphatic rings. The molecule has 1 aromatic carbocycles. The first-order valence-electron chi connectivity index (χ1n) is 11.4. The Morgan fingerprint density at radius 3 is 2.38 bits per heavy atom. The van der Waals surface area contributed by atoms with Crippen LogP contribution >= 0.6 is 0 Å². The van der Waals surface area contributed by atoms with Gasteiger partial charge >= 0.3 is 17.7 Å². The molecule has 0 bridgehead atoms. The summed E-state index contributed by atoms with van der Waals surface area (Å²) >= 11 is 0. The fourth-order valence-corrected chi connectivity index (χ4v) is 3.87. The summed E-state index contributed by atoms with van der Waals surface area (Å²) in [7, 11) is 0. The predicted octanol–water partition coefficient (Wildman–Crippen LogP) is 1.39. The summed E-state index contributed by atoms with van der Waals surface area (Å²) in [6.45, 7) is 2.75. The summed E-state index contributed by atoms with van der Waals surface area (Å²) < 4.78 is 52.5. The standard InChI is InChI=1S/C24H20F4N6O5/c1-13-14(2)21(36)34(39-23(38)24(26,27)28)31-19(13)8-15-3-4-18(25)17(7-15)22(37)32-5-6-33(20(35)11-32)16-9-29-12-30-10-16/h3-4,7,9-10,12H,5-6,8,11H2,1-2H3. The third kappa shape index (κ3) is 5.76. The van der Waals surface area contributed by atoms with E-state index in [-0.39, 0.29) is 47.7 Å². The maximum absolute atomic E-state index is 14.7. The highest BCUT2D eigenvalue weighted by Crippen LogP contribution is 2.21. The molecule has 0 aliphatic carbocycles. The van der Waals surface area contributed by atoms with Crippen molar-refractivity contribution in [1.82, 2.24) is 24.8 Å². The van der Waals surface area contributed by atoms with Crippen LogP contribution in [0.5, 0.6) is 0 Å². The summed E-state index contributed by atoms with van der Waals surface area (Å²) in [4.78, 5) is 63.6. The highest BCUT2D eigenvalue weighted by molar-refractivity contribution is 6.01. The first-order chi connectivity index (χ1) is 18.4. The molecule has 0 radical (unpaired) electrons. The Morgan fingerprint density at radius 2 is 1.74 bits per heavy atom. The number of rotatable bonds is 5. The Balaban J connectivity index is 1.56. The number of hydrogen-bond acceptors (Lipinski definition) is 8. The molecule has 204 valence electrons. The minimum absolute atomic E-state index is 0.0198. The molecule has 1 fully saturated rings. The molecule has 3 aromatic rings. The zero-order valence-corrected chi connectivity index (χ0v) is 20.5. The van der Waals surface area contributed by atoms with Crippen LogP contribution in [0, 0.1) is 19.7 Å². The Bertz CT molecular complexity index is 1510. The first kappa shape index (κ1) is 27.3. The molecule has 0 atom stereocenters. The number of benzene rings is 1. The number of halogens is 4. The summed E-state index contributed by atoms with van der Waals surface area (Å²) in [5.74, 6) is -4.63. The van der Waals surface area contributed by atoms with Gasteiger partial charge in [0.15, 0.2) is 0 Å². The van der Waals surface area contributed by atoms with E-state index in [1.54, 1.807) is 0 Å². The molecule has 3 heterocycles. The highest BCUT2D eigenvalue weighted by atomic mass is 19.4. The fourth-order valence-electron chi connectivity index (χ4n) is 3.87. The van der Waals surface area contributed by atoms with Crippen LogP contribution < -0.4 is 15.3 Å². The second-order valence-corrected chi connectivity index (χ2v) is 8.61. The molecule has 0 N–H and O–H groups in total. The van der Waals surface area contributed by atoms with Crippen LogP contribution in [0.2, 0.25) is 0 Å². The molecule has 15 heteroatoms. The van der Waals surface area contributed by atoms with E-state index < -0.39 is 35.3 Å². The smallest absolute Gasteiger partial charge is 0.327 e. The zero-order valence-electron chi connectivity index (χ0n) is 20.5. The summed E-state index contributed by atoms with van der Waals surface area (Å²) in [5, 5.41) is 3.73. The van der Waals surface area contributed by atoms with Gasteiger partial charge in [-0.2, -0.15) is 13.2 Å². The average molecular weight is 548 g/mol. The Morgan fingerprint density at radius 1 is 1.05 bits per heavy atom. The van der Waals surface area contributed by atoms with Crippen LogP contribution in [0.1, 0.15) is 32.7 Å². The van der Waals surface area contributed by atoms with Gasteiger partial charge in [-0.05, 0) is 42.0 Å². The number of hydrogen-bond donors (Lipinski definition) is 0. The lowest BCUT2D eigenvalue weighted by Crippen LogP contribution is -2.52. The number of piperazine rings is 1. The van der Waals surface area contributed by atoms with Gasteiger partial charge in [0.25, 0.3) is 5.91 Å². The lowest BCUT2D eigenvalue weighted by molar-refractivity contribution is -0.202. The van der Waals surface area contributed by atoms with Crippen LogP contribution in [0.25, 0.3) is 0 Å². The summed E-state index contributed by atoms with van der Waals surface area (Å²) in [5.41, 5.74) is -0.257. The Hall–Kier alpha value is -4.69. The van der Waals surface area contributed by atoms with E-state index in [0.29, 0.717) is 16.8 Å². The minimum atomic E-state index is -5.35. The maximum Gasteiger partial charge on any atom is 0.493 e. The second-order valence-electron chi connectivity index (χ2n) is 8.61. The number of amides is 2. The van der Waals surface area contributed by atoms with Gasteiger partial charge in [-0.1, -0.05) is 6.07 Å². The molecule has 4 rings (SSSR count). The van der Waals surface area contributed by atoms with E-state index in [4.69, 9.17) is 0 Å². The molecule has 0 unspecified atom stereocenters. The van der Waals surface area contributed by atoms with Crippen molar-refractivity contribution in [2.24, 2.45) is 0 Å². The van der Waals surface area contributed by atoms with Crippen LogP contribution in [0.3, 0.4) is 0 Å². The molecule has 1 aliphatic heterocycles. The monoisotopic (exact) mass is 548 g/mol. The molecular formula is C24H20F4N6O5. The predicted molar refractivity (Wildman–Crippen MR) is 125 cm³/mol. The van der Waals surface area contributed by atoms with Crippen LogP contribution in [0.4, 0.5) is 23.2 Å². The quantitative estimate of drug-likeness (QED) is 0.438. The van der Waals surface area contributed by atoms with Crippen molar-refractivity contribution in [2.45, 2.75) is 26.4 Å². The lowest BCUT2D eigenvalue weighted by atomic mass is 10.0. The number of alkyl halides is 3. The number of aromatic nitrogens is 4. The van der Waals surface area contributed by atoms with Gasteiger partial charge in [-0.25, -0.2) is 19.2 Å². The van der Waals surface area contributed by atoms with Crippen molar-refractivity contribution in [3.63, 3.8) is 0 Å². The van der Waals surface area contributed by atoms with Crippen LogP contribution in [0.15, 0.2) is 41.7 Å². The number of nitrogens with zero attached hydrogens (tertiary/aromatic N) is 6. The summed E-state index contributed by atoms with van der Waals surface area (Å²) in [6, 6.07) is 3.59. The fraction of sp³-hybridized carbons (Fsp3) is 0.292. The van der Waals surface area contributed by atoms with Gasteiger partial charge in [0, 0.05) is 25.1 Å². The first-order valence-corrected chi connectivity index (χ1v) is 11.4. The molecule has 11 nitrogen and oxygen atoms in total. The maximum atomic E-state index is 14.7. The van der Waals surface area contributed by atoms with E-state index in [1.165, 1.54) is 54.5 Å². The second kappa shape index (κ2) is 10.6. The van der Waals surface area contributed by atoms with E-state index in [0.717, 1.165) is 6.07 Å². The van der Waals surface area contributed by atoms with Crippen LogP contribution in [-0.4, -0.2) is 68.4 Å². The molecule has 0 saturated carbocycles. The molecule has 1 saturated heterocycles. The zero-order chi connectivity index (χ0) is 28.5. The largest absolute Gasteiger partial charge is 0.493 e. The molecule has 39 heavy (non-hydrogen) atoms. The number of carbonyl (C=O) groups is 3. The third-order valence-corrected chi connectivity index (χ3v) is 6.10. The number of anilines is 1. The topological polar surface area (TPSA) is 128 Å². The molecule has 0 spiro atoms. The van der Waals surface area contributed by atoms with E-state index in [2.05, 4.69) is 19.9 Å². The third-order valence-electron chi connectivity index (χ3n) is 6.10. The highest BCUT2D eigenvalue weighted by Gasteiger charge is 2.42. The normalized spacial score (nSPS) is 13.9. The average Bonchev–Trinajstić information content (AvgIpc) is 2.90. The summed E-state index contributed by atoms with van der Waals surface area (Å²) in [6.07, 6.45) is -1.27. The van der Waals surface area contributed by atoms with Crippen molar-refractivity contribution in [3.05, 3.63) is 81.0 Å². The van der Waals surface area contributed by atoms with Gasteiger partial charge in [-0.15, -0.1) is 5.10 Å². The Kier molecular flexibility index (Phi) is 7.42.